The van der Waals surface area contributed by atoms with E-state index < -0.39 is 41.8 Å². The van der Waals surface area contributed by atoms with Gasteiger partial charge in [0.1, 0.15) is 12.0 Å². The van der Waals surface area contributed by atoms with E-state index in [9.17, 15) is 19.5 Å². The molecule has 2 aliphatic rings. The van der Waals surface area contributed by atoms with Crippen LogP contribution in [0, 0.1) is 11.3 Å². The average Bonchev–Trinajstić information content (AvgIpc) is 2.70. The summed E-state index contributed by atoms with van der Waals surface area (Å²) in [5.74, 6) is -4.07. The van der Waals surface area contributed by atoms with Gasteiger partial charge in [-0.3, -0.25) is 14.4 Å². The van der Waals surface area contributed by atoms with Gasteiger partial charge >= 0.3 is 17.9 Å². The van der Waals surface area contributed by atoms with Gasteiger partial charge in [-0.25, -0.2) is 0 Å². The third-order valence-corrected chi connectivity index (χ3v) is 4.41. The molecule has 6 heteroatoms. The summed E-state index contributed by atoms with van der Waals surface area (Å²) in [7, 11) is 0. The second-order valence-electron chi connectivity index (χ2n) is 5.75. The van der Waals surface area contributed by atoms with Crippen molar-refractivity contribution in [1.82, 2.24) is 0 Å². The van der Waals surface area contributed by atoms with Crippen LogP contribution in [0.15, 0.2) is 11.6 Å². The average molecular weight is 296 g/mol. The molecule has 0 spiro atoms. The van der Waals surface area contributed by atoms with Gasteiger partial charge < -0.3 is 14.9 Å². The molecular formula is C15H20O6. The topological polar surface area (TPSA) is 101 Å². The molecule has 0 aromatic carbocycles. The van der Waals surface area contributed by atoms with E-state index in [1.807, 2.05) is 13.0 Å². The highest BCUT2D eigenvalue weighted by Crippen LogP contribution is 2.51. The van der Waals surface area contributed by atoms with Crippen LogP contribution in [0.1, 0.15) is 45.4 Å². The molecule has 0 bridgehead atoms. The van der Waals surface area contributed by atoms with Gasteiger partial charge in [-0.05, 0) is 31.3 Å². The molecule has 116 valence electrons. The summed E-state index contributed by atoms with van der Waals surface area (Å²) in [5.41, 5.74) is -0.0432. The molecule has 0 amide bonds. The predicted molar refractivity (Wildman–Crippen MR) is 72.5 cm³/mol. The van der Waals surface area contributed by atoms with Crippen LogP contribution >= 0.6 is 0 Å². The summed E-state index contributed by atoms with van der Waals surface area (Å²) in [6.45, 7) is 1.97. The van der Waals surface area contributed by atoms with E-state index in [-0.39, 0.29) is 0 Å². The maximum Gasteiger partial charge on any atom is 0.316 e. The van der Waals surface area contributed by atoms with Crippen molar-refractivity contribution in [2.75, 3.05) is 0 Å². The zero-order chi connectivity index (χ0) is 15.6. The first-order chi connectivity index (χ1) is 9.92. The Kier molecular flexibility index (Phi) is 4.34. The number of hydrogen-bond donors (Lipinski definition) is 2. The van der Waals surface area contributed by atoms with Gasteiger partial charge in [-0.15, -0.1) is 0 Å². The Morgan fingerprint density at radius 2 is 2.19 bits per heavy atom. The van der Waals surface area contributed by atoms with E-state index in [1.165, 1.54) is 0 Å². The van der Waals surface area contributed by atoms with Crippen molar-refractivity contribution in [2.24, 2.45) is 11.3 Å². The number of rotatable bonds is 6. The number of carbonyl (C=O) groups excluding carboxylic acids is 1. The first-order valence-corrected chi connectivity index (χ1v) is 7.28. The third-order valence-electron chi connectivity index (χ3n) is 4.41. The number of ether oxygens (including phenoxy) is 1. The molecule has 0 radical (unpaired) electrons. The summed E-state index contributed by atoms with van der Waals surface area (Å²) in [6, 6.07) is 0. The summed E-state index contributed by atoms with van der Waals surface area (Å²) in [5, 5.41) is 18.2. The Hall–Kier alpha value is -1.85. The Bertz CT molecular complexity index is 494. The fraction of sp³-hybridized carbons (Fsp3) is 0.667. The Morgan fingerprint density at radius 3 is 2.76 bits per heavy atom. The molecule has 1 fully saturated rings. The Morgan fingerprint density at radius 1 is 1.48 bits per heavy atom. The van der Waals surface area contributed by atoms with Crippen molar-refractivity contribution < 1.29 is 29.3 Å². The van der Waals surface area contributed by atoms with Crippen LogP contribution in [0.25, 0.3) is 0 Å². The standard InChI is InChI=1S/C15H20O6/c1-2-6-15-7-4-3-5-10(15)12(21-14(15)20)9(13(18)19)8-11(16)17/h5,9,12H,2-4,6-8H2,1H3,(H,16,17)(H,18,19)/t9?,12?,15-/m0/s1. The van der Waals surface area contributed by atoms with E-state index in [0.717, 1.165) is 19.3 Å². The van der Waals surface area contributed by atoms with Crippen molar-refractivity contribution in [3.05, 3.63) is 11.6 Å². The molecule has 1 heterocycles. The Labute approximate surface area is 122 Å². The molecule has 1 aliphatic heterocycles. The number of allylic oxidation sites excluding steroid dienone is 1. The predicted octanol–water partition coefficient (Wildman–Crippen LogP) is 1.98. The van der Waals surface area contributed by atoms with E-state index in [4.69, 9.17) is 9.84 Å². The summed E-state index contributed by atoms with van der Waals surface area (Å²) >= 11 is 0. The van der Waals surface area contributed by atoms with Crippen LogP contribution in [-0.4, -0.2) is 34.2 Å². The van der Waals surface area contributed by atoms with E-state index in [0.29, 0.717) is 18.4 Å². The summed E-state index contributed by atoms with van der Waals surface area (Å²) in [6.07, 6.45) is 4.08. The minimum absolute atomic E-state index is 0.392. The molecule has 2 rings (SSSR count). The normalized spacial score (nSPS) is 29.3. The van der Waals surface area contributed by atoms with Crippen LogP contribution in [0.2, 0.25) is 0 Å². The number of carboxylic acid groups (broad SMARTS) is 2. The molecule has 0 aromatic rings. The zero-order valence-corrected chi connectivity index (χ0v) is 12.0. The molecule has 0 saturated carbocycles. The molecule has 2 N–H and O–H groups in total. The van der Waals surface area contributed by atoms with Gasteiger partial charge in [-0.2, -0.15) is 0 Å². The lowest BCUT2D eigenvalue weighted by Gasteiger charge is -2.31. The number of esters is 1. The smallest absolute Gasteiger partial charge is 0.316 e. The minimum atomic E-state index is -1.24. The molecular weight excluding hydrogens is 276 g/mol. The lowest BCUT2D eigenvalue weighted by molar-refractivity contribution is -0.158. The molecule has 3 atom stereocenters. The quantitative estimate of drug-likeness (QED) is 0.574. The maximum atomic E-state index is 12.3. The van der Waals surface area contributed by atoms with Gasteiger partial charge in [0.05, 0.1) is 11.8 Å². The highest BCUT2D eigenvalue weighted by molar-refractivity contribution is 5.87. The first-order valence-electron chi connectivity index (χ1n) is 7.28. The first kappa shape index (κ1) is 15.5. The van der Waals surface area contributed by atoms with Gasteiger partial charge in [0.15, 0.2) is 0 Å². The van der Waals surface area contributed by atoms with E-state index in [1.54, 1.807) is 0 Å². The molecule has 2 unspecified atom stereocenters. The fourth-order valence-corrected chi connectivity index (χ4v) is 3.51. The van der Waals surface area contributed by atoms with E-state index >= 15 is 0 Å². The van der Waals surface area contributed by atoms with Crippen LogP contribution < -0.4 is 0 Å². The van der Waals surface area contributed by atoms with Crippen LogP contribution in [0.4, 0.5) is 0 Å². The molecule has 6 nitrogen and oxygen atoms in total. The largest absolute Gasteiger partial charge is 0.481 e. The number of hydrogen-bond acceptors (Lipinski definition) is 4. The van der Waals surface area contributed by atoms with Gasteiger partial charge in [0, 0.05) is 0 Å². The van der Waals surface area contributed by atoms with Crippen molar-refractivity contribution in [1.29, 1.82) is 0 Å². The maximum absolute atomic E-state index is 12.3. The fourth-order valence-electron chi connectivity index (χ4n) is 3.51. The Balaban J connectivity index is 2.37. The highest BCUT2D eigenvalue weighted by Gasteiger charge is 2.56. The number of fused-ring (bicyclic) bond motifs is 1. The molecule has 1 aliphatic carbocycles. The number of carboxylic acids is 2. The van der Waals surface area contributed by atoms with Crippen molar-refractivity contribution in [3.8, 4) is 0 Å². The molecule has 21 heavy (non-hydrogen) atoms. The number of cyclic esters (lactones) is 1. The van der Waals surface area contributed by atoms with Crippen molar-refractivity contribution in [2.45, 2.75) is 51.6 Å². The lowest BCUT2D eigenvalue weighted by atomic mass is 9.68. The van der Waals surface area contributed by atoms with Crippen LogP contribution in [-0.2, 0) is 19.1 Å². The van der Waals surface area contributed by atoms with Crippen molar-refractivity contribution >= 4 is 17.9 Å². The number of aliphatic carboxylic acids is 2. The van der Waals surface area contributed by atoms with Gasteiger partial charge in [0.2, 0.25) is 0 Å². The SMILES string of the molecule is CCC[C@]12CCCC=C1C(C(CC(=O)O)C(=O)O)OC2=O. The summed E-state index contributed by atoms with van der Waals surface area (Å²) in [4.78, 5) is 34.6. The highest BCUT2D eigenvalue weighted by atomic mass is 16.6. The second-order valence-corrected chi connectivity index (χ2v) is 5.75. The molecule has 0 aromatic heterocycles. The zero-order valence-electron chi connectivity index (χ0n) is 12.0. The summed E-state index contributed by atoms with van der Waals surface area (Å²) < 4.78 is 5.34. The van der Waals surface area contributed by atoms with Crippen LogP contribution in [0.3, 0.4) is 0 Å². The minimum Gasteiger partial charge on any atom is -0.481 e. The number of carbonyl (C=O) groups is 3. The lowest BCUT2D eigenvalue weighted by Crippen LogP contribution is -2.34. The van der Waals surface area contributed by atoms with Gasteiger partial charge in [-0.1, -0.05) is 19.4 Å². The molecule has 1 saturated heterocycles. The third kappa shape index (κ3) is 2.66. The monoisotopic (exact) mass is 296 g/mol. The van der Waals surface area contributed by atoms with Crippen molar-refractivity contribution in [3.63, 3.8) is 0 Å². The second kappa shape index (κ2) is 5.87. The van der Waals surface area contributed by atoms with Crippen LogP contribution in [0.5, 0.6) is 0 Å². The van der Waals surface area contributed by atoms with Gasteiger partial charge in [0.25, 0.3) is 0 Å². The van der Waals surface area contributed by atoms with E-state index in [2.05, 4.69) is 0 Å².